The maximum absolute atomic E-state index is 12.3. The van der Waals surface area contributed by atoms with E-state index in [0.717, 1.165) is 18.6 Å². The topological polar surface area (TPSA) is 0 Å². The molecule has 0 bridgehead atoms. The van der Waals surface area contributed by atoms with Gasteiger partial charge in [-0.1, -0.05) is 43.0 Å². The van der Waals surface area contributed by atoms with Crippen LogP contribution >= 0.6 is 0 Å². The van der Waals surface area contributed by atoms with Gasteiger partial charge >= 0.3 is 6.18 Å². The van der Waals surface area contributed by atoms with E-state index < -0.39 is 11.7 Å². The standard InChI is InChI=1S/C14H17F3/c1-6-7-11(4)13(10(2)3)9-8-12(5)14(15,16)17/h6-9H,1-2H2,3-5H3/b11-7-,12-8+,13-9-. The van der Waals surface area contributed by atoms with Crippen molar-refractivity contribution in [1.82, 2.24) is 0 Å². The van der Waals surface area contributed by atoms with Gasteiger partial charge in [0, 0.05) is 5.57 Å². The third-order valence-corrected chi connectivity index (χ3v) is 2.20. The zero-order chi connectivity index (χ0) is 13.6. The molecule has 0 unspecified atom stereocenters. The molecule has 0 heterocycles. The number of hydrogen-bond acceptors (Lipinski definition) is 0. The number of halogens is 3. The van der Waals surface area contributed by atoms with Crippen LogP contribution in [0.1, 0.15) is 20.8 Å². The summed E-state index contributed by atoms with van der Waals surface area (Å²) in [5, 5.41) is 0. The van der Waals surface area contributed by atoms with Crippen molar-refractivity contribution < 1.29 is 13.2 Å². The Morgan fingerprint density at radius 2 is 1.53 bits per heavy atom. The van der Waals surface area contributed by atoms with Gasteiger partial charge < -0.3 is 0 Å². The normalized spacial score (nSPS) is 14.8. The van der Waals surface area contributed by atoms with Gasteiger partial charge in [-0.25, -0.2) is 0 Å². The second kappa shape index (κ2) is 6.28. The summed E-state index contributed by atoms with van der Waals surface area (Å²) in [4.78, 5) is 0. The second-order valence-corrected chi connectivity index (χ2v) is 3.79. The SMILES string of the molecule is C=C\C=C(C)/C(=C\C=C(/C)C(F)(F)F)C(=C)C. The average molecular weight is 242 g/mol. The molecule has 0 saturated heterocycles. The molecule has 0 aliphatic rings. The van der Waals surface area contributed by atoms with Crippen LogP contribution in [0.2, 0.25) is 0 Å². The van der Waals surface area contributed by atoms with Crippen LogP contribution in [0.15, 0.2) is 59.8 Å². The fourth-order valence-corrected chi connectivity index (χ4v) is 1.18. The number of alkyl halides is 3. The first-order chi connectivity index (χ1) is 7.70. The summed E-state index contributed by atoms with van der Waals surface area (Å²) >= 11 is 0. The third-order valence-electron chi connectivity index (χ3n) is 2.20. The molecule has 0 aromatic carbocycles. The van der Waals surface area contributed by atoms with Gasteiger partial charge in [-0.15, -0.1) is 0 Å². The highest BCUT2D eigenvalue weighted by Gasteiger charge is 2.29. The first-order valence-corrected chi connectivity index (χ1v) is 5.11. The average Bonchev–Trinajstić information content (AvgIpc) is 2.16. The van der Waals surface area contributed by atoms with Crippen molar-refractivity contribution >= 4 is 0 Å². The molecule has 0 aliphatic heterocycles. The van der Waals surface area contributed by atoms with Crippen molar-refractivity contribution in [3.05, 3.63) is 59.8 Å². The van der Waals surface area contributed by atoms with E-state index in [1.165, 1.54) is 6.08 Å². The van der Waals surface area contributed by atoms with Crippen molar-refractivity contribution in [1.29, 1.82) is 0 Å². The molecule has 0 nitrogen and oxygen atoms in total. The van der Waals surface area contributed by atoms with Crippen LogP contribution in [0.5, 0.6) is 0 Å². The van der Waals surface area contributed by atoms with Crippen LogP contribution in [-0.4, -0.2) is 6.18 Å². The Morgan fingerprint density at radius 3 is 1.88 bits per heavy atom. The zero-order valence-electron chi connectivity index (χ0n) is 10.4. The highest BCUT2D eigenvalue weighted by atomic mass is 19.4. The highest BCUT2D eigenvalue weighted by Crippen LogP contribution is 2.26. The Kier molecular flexibility index (Phi) is 5.72. The summed E-state index contributed by atoms with van der Waals surface area (Å²) in [6.07, 6.45) is 1.53. The number of allylic oxidation sites excluding steroid dienone is 8. The van der Waals surface area contributed by atoms with E-state index in [2.05, 4.69) is 13.2 Å². The molecule has 0 fully saturated rings. The monoisotopic (exact) mass is 242 g/mol. The molecule has 0 rings (SSSR count). The Bertz CT molecular complexity index is 390. The van der Waals surface area contributed by atoms with Crippen LogP contribution in [-0.2, 0) is 0 Å². The molecule has 0 saturated carbocycles. The van der Waals surface area contributed by atoms with Gasteiger partial charge in [0.15, 0.2) is 0 Å². The van der Waals surface area contributed by atoms with Crippen molar-refractivity contribution in [2.75, 3.05) is 0 Å². The van der Waals surface area contributed by atoms with Gasteiger partial charge in [0.05, 0.1) is 0 Å². The lowest BCUT2D eigenvalue weighted by molar-refractivity contribution is -0.0912. The lowest BCUT2D eigenvalue weighted by Crippen LogP contribution is -2.08. The lowest BCUT2D eigenvalue weighted by Gasteiger charge is -2.08. The molecular formula is C14H17F3. The first-order valence-electron chi connectivity index (χ1n) is 5.11. The Labute approximate surface area is 101 Å². The smallest absolute Gasteiger partial charge is 0.166 e. The molecule has 0 aromatic rings. The predicted molar refractivity (Wildman–Crippen MR) is 66.7 cm³/mol. The molecule has 0 atom stereocenters. The molecule has 0 aliphatic carbocycles. The number of rotatable bonds is 4. The van der Waals surface area contributed by atoms with Crippen molar-refractivity contribution in [2.45, 2.75) is 26.9 Å². The summed E-state index contributed by atoms with van der Waals surface area (Å²) in [6.45, 7) is 11.9. The summed E-state index contributed by atoms with van der Waals surface area (Å²) in [6, 6.07) is 0. The quantitative estimate of drug-likeness (QED) is 0.599. The largest absolute Gasteiger partial charge is 0.412 e. The molecule has 0 amide bonds. The van der Waals surface area contributed by atoms with Gasteiger partial charge in [0.1, 0.15) is 0 Å². The Morgan fingerprint density at radius 1 is 1.00 bits per heavy atom. The molecule has 94 valence electrons. The van der Waals surface area contributed by atoms with Crippen LogP contribution in [0.3, 0.4) is 0 Å². The number of hydrogen-bond donors (Lipinski definition) is 0. The minimum Gasteiger partial charge on any atom is -0.166 e. The van der Waals surface area contributed by atoms with E-state index in [1.807, 2.05) is 0 Å². The maximum Gasteiger partial charge on any atom is 0.412 e. The molecular weight excluding hydrogens is 225 g/mol. The van der Waals surface area contributed by atoms with E-state index in [9.17, 15) is 13.2 Å². The molecule has 0 N–H and O–H groups in total. The summed E-state index contributed by atoms with van der Waals surface area (Å²) in [5.41, 5.74) is 1.60. The van der Waals surface area contributed by atoms with Crippen LogP contribution in [0.4, 0.5) is 13.2 Å². The van der Waals surface area contributed by atoms with E-state index >= 15 is 0 Å². The minimum atomic E-state index is -4.28. The fourth-order valence-electron chi connectivity index (χ4n) is 1.18. The lowest BCUT2D eigenvalue weighted by atomic mass is 10.00. The van der Waals surface area contributed by atoms with Crippen LogP contribution < -0.4 is 0 Å². The van der Waals surface area contributed by atoms with Crippen molar-refractivity contribution in [2.24, 2.45) is 0 Å². The van der Waals surface area contributed by atoms with Crippen molar-refractivity contribution in [3.8, 4) is 0 Å². The molecule has 0 aromatic heterocycles. The fraction of sp³-hybridized carbons (Fsp3) is 0.286. The molecule has 0 spiro atoms. The van der Waals surface area contributed by atoms with E-state index in [4.69, 9.17) is 0 Å². The Hall–Kier alpha value is -1.51. The van der Waals surface area contributed by atoms with E-state index in [1.54, 1.807) is 26.0 Å². The summed E-state index contributed by atoms with van der Waals surface area (Å²) in [5.74, 6) is 0. The van der Waals surface area contributed by atoms with E-state index in [0.29, 0.717) is 11.1 Å². The minimum absolute atomic E-state index is 0.636. The third kappa shape index (κ3) is 5.38. The maximum atomic E-state index is 12.3. The van der Waals surface area contributed by atoms with Gasteiger partial charge in [-0.3, -0.25) is 0 Å². The predicted octanol–water partition coefficient (Wildman–Crippen LogP) is 5.13. The van der Waals surface area contributed by atoms with Gasteiger partial charge in [0.25, 0.3) is 0 Å². The molecule has 3 heteroatoms. The van der Waals surface area contributed by atoms with Gasteiger partial charge in [0.2, 0.25) is 0 Å². The highest BCUT2D eigenvalue weighted by molar-refractivity contribution is 5.46. The van der Waals surface area contributed by atoms with Gasteiger partial charge in [-0.2, -0.15) is 13.2 Å². The first kappa shape index (κ1) is 15.5. The molecule has 17 heavy (non-hydrogen) atoms. The summed E-state index contributed by atoms with van der Waals surface area (Å²) in [7, 11) is 0. The second-order valence-electron chi connectivity index (χ2n) is 3.79. The zero-order valence-corrected chi connectivity index (χ0v) is 10.4. The Balaban J connectivity index is 5.32. The van der Waals surface area contributed by atoms with Crippen LogP contribution in [0.25, 0.3) is 0 Å². The molecule has 0 radical (unpaired) electrons. The van der Waals surface area contributed by atoms with Gasteiger partial charge in [-0.05, 0) is 31.9 Å². The summed E-state index contributed by atoms with van der Waals surface area (Å²) < 4.78 is 36.9. The van der Waals surface area contributed by atoms with Crippen LogP contribution in [0, 0.1) is 0 Å². The van der Waals surface area contributed by atoms with Crippen molar-refractivity contribution in [3.63, 3.8) is 0 Å². The van der Waals surface area contributed by atoms with E-state index in [-0.39, 0.29) is 0 Å².